The zero-order valence-corrected chi connectivity index (χ0v) is 12.2. The number of hydrogen-bond acceptors (Lipinski definition) is 4. The molecule has 1 N–H and O–H groups in total. The lowest BCUT2D eigenvalue weighted by Crippen LogP contribution is -2.52. The van der Waals surface area contributed by atoms with Gasteiger partial charge in [-0.15, -0.1) is 0 Å². The molecule has 3 rings (SSSR count). The molecular formula is C16H19NO5. The van der Waals surface area contributed by atoms with Crippen molar-refractivity contribution in [3.05, 3.63) is 29.8 Å². The Labute approximate surface area is 128 Å². The van der Waals surface area contributed by atoms with Crippen molar-refractivity contribution in [2.45, 2.75) is 24.8 Å². The van der Waals surface area contributed by atoms with E-state index >= 15 is 0 Å². The highest BCUT2D eigenvalue weighted by Crippen LogP contribution is 2.36. The number of carboxylic acid groups (broad SMARTS) is 1. The number of carbonyl (C=O) groups is 2. The van der Waals surface area contributed by atoms with Crippen LogP contribution in [-0.4, -0.2) is 54.3 Å². The number of para-hydroxylation sites is 1. The first-order valence-electron chi connectivity index (χ1n) is 7.48. The van der Waals surface area contributed by atoms with Gasteiger partial charge < -0.3 is 19.5 Å². The fourth-order valence-corrected chi connectivity index (χ4v) is 3.06. The molecule has 1 aromatic rings. The van der Waals surface area contributed by atoms with Gasteiger partial charge in [-0.05, 0) is 24.0 Å². The average molecular weight is 305 g/mol. The predicted molar refractivity (Wildman–Crippen MR) is 77.9 cm³/mol. The molecule has 6 heteroatoms. The van der Waals surface area contributed by atoms with Crippen LogP contribution < -0.4 is 4.74 Å². The maximum Gasteiger partial charge on any atom is 0.328 e. The summed E-state index contributed by atoms with van der Waals surface area (Å²) >= 11 is 0. The molecule has 0 unspecified atom stereocenters. The Bertz CT molecular complexity index is 573. The molecule has 0 radical (unpaired) electrons. The van der Waals surface area contributed by atoms with Gasteiger partial charge in [0.2, 0.25) is 5.91 Å². The highest BCUT2D eigenvalue weighted by molar-refractivity contribution is 5.84. The summed E-state index contributed by atoms with van der Waals surface area (Å²) in [6, 6.07) is 6.84. The van der Waals surface area contributed by atoms with Gasteiger partial charge in [-0.3, -0.25) is 4.79 Å². The number of carboxylic acids is 1. The molecule has 118 valence electrons. The summed E-state index contributed by atoms with van der Waals surface area (Å²) in [6.07, 6.45) is 1.08. The molecule has 0 spiro atoms. The summed E-state index contributed by atoms with van der Waals surface area (Å²) in [5.41, 5.74) is 1.03. The third-order valence-electron chi connectivity index (χ3n) is 4.24. The second kappa shape index (κ2) is 6.36. The summed E-state index contributed by atoms with van der Waals surface area (Å²) in [4.78, 5) is 25.3. The van der Waals surface area contributed by atoms with Crippen LogP contribution in [0.3, 0.4) is 0 Å². The average Bonchev–Trinajstić information content (AvgIpc) is 2.55. The standard InChI is InChI=1S/C16H19NO5/c18-15(17-6-8-21-10-13(17)16(19)20)9-11-5-7-22-14-4-2-1-3-12(11)14/h1-4,11,13H,5-10H2,(H,19,20)/t11-,13-/m0/s1. The van der Waals surface area contributed by atoms with Crippen LogP contribution in [0.25, 0.3) is 0 Å². The topological polar surface area (TPSA) is 76.1 Å². The molecule has 2 aliphatic rings. The number of morpholine rings is 1. The van der Waals surface area contributed by atoms with E-state index in [9.17, 15) is 14.7 Å². The number of benzene rings is 1. The monoisotopic (exact) mass is 305 g/mol. The van der Waals surface area contributed by atoms with E-state index in [1.54, 1.807) is 0 Å². The molecule has 22 heavy (non-hydrogen) atoms. The van der Waals surface area contributed by atoms with Crippen molar-refractivity contribution in [1.29, 1.82) is 0 Å². The number of nitrogens with zero attached hydrogens (tertiary/aromatic N) is 1. The van der Waals surface area contributed by atoms with Gasteiger partial charge in [-0.1, -0.05) is 18.2 Å². The van der Waals surface area contributed by atoms with Crippen molar-refractivity contribution in [3.63, 3.8) is 0 Å². The van der Waals surface area contributed by atoms with E-state index in [-0.39, 0.29) is 18.4 Å². The molecule has 1 aromatic carbocycles. The van der Waals surface area contributed by atoms with Crippen LogP contribution in [0.2, 0.25) is 0 Å². The number of hydrogen-bond donors (Lipinski definition) is 1. The molecule has 1 saturated heterocycles. The minimum atomic E-state index is -1.01. The third kappa shape index (κ3) is 2.92. The Morgan fingerprint density at radius 1 is 1.27 bits per heavy atom. The Hall–Kier alpha value is -2.08. The number of carbonyl (C=O) groups excluding carboxylic acids is 1. The molecule has 2 heterocycles. The van der Waals surface area contributed by atoms with Crippen LogP contribution in [0.1, 0.15) is 24.3 Å². The maximum absolute atomic E-state index is 12.6. The smallest absolute Gasteiger partial charge is 0.328 e. The van der Waals surface area contributed by atoms with E-state index in [0.717, 1.165) is 17.7 Å². The maximum atomic E-state index is 12.6. The van der Waals surface area contributed by atoms with E-state index in [1.165, 1.54) is 4.90 Å². The zero-order chi connectivity index (χ0) is 15.5. The van der Waals surface area contributed by atoms with Crippen molar-refractivity contribution in [2.75, 3.05) is 26.4 Å². The molecule has 0 bridgehead atoms. The van der Waals surface area contributed by atoms with Crippen molar-refractivity contribution in [3.8, 4) is 5.75 Å². The summed E-state index contributed by atoms with van der Waals surface area (Å²) in [5.74, 6) is -0.240. The van der Waals surface area contributed by atoms with Gasteiger partial charge in [0.1, 0.15) is 5.75 Å². The summed E-state index contributed by atoms with van der Waals surface area (Å²) in [6.45, 7) is 1.37. The van der Waals surface area contributed by atoms with Crippen LogP contribution in [0.5, 0.6) is 5.75 Å². The lowest BCUT2D eigenvalue weighted by Gasteiger charge is -2.34. The second-order valence-corrected chi connectivity index (χ2v) is 5.59. The molecule has 2 atom stereocenters. The van der Waals surface area contributed by atoms with Crippen LogP contribution in [-0.2, 0) is 14.3 Å². The van der Waals surface area contributed by atoms with E-state index in [2.05, 4.69) is 0 Å². The summed E-state index contributed by atoms with van der Waals surface area (Å²) in [7, 11) is 0. The minimum Gasteiger partial charge on any atom is -0.493 e. The molecule has 1 amide bonds. The van der Waals surface area contributed by atoms with Gasteiger partial charge in [-0.25, -0.2) is 4.79 Å². The molecule has 6 nitrogen and oxygen atoms in total. The molecule has 0 aromatic heterocycles. The van der Waals surface area contributed by atoms with Gasteiger partial charge in [0.25, 0.3) is 0 Å². The molecule has 2 aliphatic heterocycles. The summed E-state index contributed by atoms with van der Waals surface area (Å²) < 4.78 is 10.8. The zero-order valence-electron chi connectivity index (χ0n) is 12.2. The Balaban J connectivity index is 1.73. The Morgan fingerprint density at radius 2 is 2.09 bits per heavy atom. The SMILES string of the molecule is O=C(O)[C@@H]1COCCN1C(=O)C[C@@H]1CCOc2ccccc21. The number of fused-ring (bicyclic) bond motifs is 1. The lowest BCUT2D eigenvalue weighted by molar-refractivity contribution is -0.158. The van der Waals surface area contributed by atoms with Crippen LogP contribution >= 0.6 is 0 Å². The minimum absolute atomic E-state index is 0.0610. The number of aliphatic carboxylic acids is 1. The van der Waals surface area contributed by atoms with Crippen molar-refractivity contribution >= 4 is 11.9 Å². The largest absolute Gasteiger partial charge is 0.493 e. The highest BCUT2D eigenvalue weighted by Gasteiger charge is 2.34. The number of ether oxygens (including phenoxy) is 2. The predicted octanol–water partition coefficient (Wildman–Crippen LogP) is 1.25. The molecular weight excluding hydrogens is 286 g/mol. The third-order valence-corrected chi connectivity index (χ3v) is 4.24. The first-order chi connectivity index (χ1) is 10.7. The van der Waals surface area contributed by atoms with Crippen molar-refractivity contribution in [1.82, 2.24) is 4.90 Å². The van der Waals surface area contributed by atoms with Gasteiger partial charge in [0, 0.05) is 13.0 Å². The van der Waals surface area contributed by atoms with Crippen molar-refractivity contribution in [2.24, 2.45) is 0 Å². The molecule has 1 fully saturated rings. The Morgan fingerprint density at radius 3 is 2.91 bits per heavy atom. The first-order valence-corrected chi connectivity index (χ1v) is 7.48. The second-order valence-electron chi connectivity index (χ2n) is 5.59. The highest BCUT2D eigenvalue weighted by atomic mass is 16.5. The Kier molecular flexibility index (Phi) is 4.29. The van der Waals surface area contributed by atoms with E-state index in [1.807, 2.05) is 24.3 Å². The van der Waals surface area contributed by atoms with Gasteiger partial charge in [0.15, 0.2) is 6.04 Å². The van der Waals surface area contributed by atoms with Crippen molar-refractivity contribution < 1.29 is 24.2 Å². The van der Waals surface area contributed by atoms with Gasteiger partial charge >= 0.3 is 5.97 Å². The van der Waals surface area contributed by atoms with Crippen LogP contribution in [0, 0.1) is 0 Å². The van der Waals surface area contributed by atoms with E-state index in [0.29, 0.717) is 26.2 Å². The fourth-order valence-electron chi connectivity index (χ4n) is 3.06. The molecule has 0 saturated carbocycles. The normalized spacial score (nSPS) is 24.3. The van der Waals surface area contributed by atoms with Gasteiger partial charge in [-0.2, -0.15) is 0 Å². The van der Waals surface area contributed by atoms with Crippen LogP contribution in [0.4, 0.5) is 0 Å². The van der Waals surface area contributed by atoms with Crippen LogP contribution in [0.15, 0.2) is 24.3 Å². The molecule has 0 aliphatic carbocycles. The quantitative estimate of drug-likeness (QED) is 0.909. The van der Waals surface area contributed by atoms with E-state index < -0.39 is 12.0 Å². The first kappa shape index (κ1) is 14.8. The van der Waals surface area contributed by atoms with E-state index in [4.69, 9.17) is 9.47 Å². The number of rotatable bonds is 3. The van der Waals surface area contributed by atoms with Gasteiger partial charge in [0.05, 0.1) is 19.8 Å². The number of amides is 1. The lowest BCUT2D eigenvalue weighted by atomic mass is 9.89. The summed E-state index contributed by atoms with van der Waals surface area (Å²) in [5, 5.41) is 9.23. The fraction of sp³-hybridized carbons (Fsp3) is 0.500.